The standard InChI is InChI=1S/C27H37Cl2N7O3S/c1-18-15-22(28)33-24(29)23(18)25(37)30-7-3-19(2)34-10-4-21(5-11-34)36(16-20-6-14-40-17-20)27(39)32-9-13-35-12-8-31-26(35)38/h6,14-15,17,19,21H,3-5,7-13,16H2,1-2H3,(H,30,37)(H,31,38)(H,32,39). The maximum absolute atomic E-state index is 13.3. The molecule has 2 fully saturated rings. The Morgan fingerprint density at radius 1 is 1.23 bits per heavy atom. The number of nitrogens with zero attached hydrogens (tertiary/aromatic N) is 4. The first-order chi connectivity index (χ1) is 19.2. The number of urea groups is 2. The highest BCUT2D eigenvalue weighted by Gasteiger charge is 2.30. The summed E-state index contributed by atoms with van der Waals surface area (Å²) in [5.74, 6) is -0.252. The van der Waals surface area contributed by atoms with Crippen LogP contribution in [0.1, 0.15) is 47.7 Å². The molecule has 40 heavy (non-hydrogen) atoms. The van der Waals surface area contributed by atoms with E-state index in [1.54, 1.807) is 29.2 Å². The quantitative estimate of drug-likeness (QED) is 0.334. The highest BCUT2D eigenvalue weighted by atomic mass is 35.5. The van der Waals surface area contributed by atoms with Crippen LogP contribution in [-0.2, 0) is 6.54 Å². The second kappa shape index (κ2) is 14.3. The number of amides is 5. The van der Waals surface area contributed by atoms with Crippen LogP contribution < -0.4 is 16.0 Å². The van der Waals surface area contributed by atoms with Crippen molar-refractivity contribution in [3.05, 3.63) is 49.9 Å². The lowest BCUT2D eigenvalue weighted by molar-refractivity contribution is 0.0903. The van der Waals surface area contributed by atoms with Crippen LogP contribution in [0.4, 0.5) is 9.59 Å². The molecule has 2 aliphatic rings. The van der Waals surface area contributed by atoms with Crippen LogP contribution in [0.2, 0.25) is 10.3 Å². The van der Waals surface area contributed by atoms with E-state index in [0.717, 1.165) is 37.9 Å². The second-order valence-electron chi connectivity index (χ2n) is 10.3. The van der Waals surface area contributed by atoms with Crippen molar-refractivity contribution in [2.24, 2.45) is 0 Å². The molecule has 1 atom stereocenters. The van der Waals surface area contributed by atoms with E-state index in [0.29, 0.717) is 50.4 Å². The van der Waals surface area contributed by atoms with Gasteiger partial charge in [-0.3, -0.25) is 4.79 Å². The molecule has 0 bridgehead atoms. The molecule has 5 amide bonds. The first-order valence-electron chi connectivity index (χ1n) is 13.7. The summed E-state index contributed by atoms with van der Waals surface area (Å²) < 4.78 is 0. The lowest BCUT2D eigenvalue weighted by Crippen LogP contribution is -2.52. The number of nitrogens with one attached hydrogen (secondary N) is 3. The number of carbonyl (C=O) groups is 3. The van der Waals surface area contributed by atoms with Crippen molar-refractivity contribution < 1.29 is 14.4 Å². The van der Waals surface area contributed by atoms with Crippen LogP contribution in [0.25, 0.3) is 0 Å². The fourth-order valence-electron chi connectivity index (χ4n) is 5.24. The molecule has 0 saturated carbocycles. The van der Waals surface area contributed by atoms with E-state index in [1.807, 2.05) is 10.3 Å². The Balaban J connectivity index is 1.25. The number of carbonyl (C=O) groups excluding carboxylic acids is 3. The maximum Gasteiger partial charge on any atom is 0.318 e. The molecule has 1 unspecified atom stereocenters. The van der Waals surface area contributed by atoms with Gasteiger partial charge in [-0.05, 0) is 67.1 Å². The van der Waals surface area contributed by atoms with Gasteiger partial charge in [0.15, 0.2) is 0 Å². The van der Waals surface area contributed by atoms with Gasteiger partial charge < -0.3 is 30.7 Å². The molecule has 13 heteroatoms. The number of rotatable bonds is 11. The van der Waals surface area contributed by atoms with Crippen molar-refractivity contribution in [1.29, 1.82) is 0 Å². The number of likely N-dealkylation sites (tertiary alicyclic amines) is 1. The van der Waals surface area contributed by atoms with Crippen molar-refractivity contribution in [2.75, 3.05) is 45.8 Å². The summed E-state index contributed by atoms with van der Waals surface area (Å²) in [7, 11) is 0. The highest BCUT2D eigenvalue weighted by Crippen LogP contribution is 2.23. The minimum absolute atomic E-state index is 0.0775. The Hall–Kier alpha value is -2.60. The van der Waals surface area contributed by atoms with Gasteiger partial charge in [0, 0.05) is 64.4 Å². The Bertz CT molecular complexity index is 1150. The van der Waals surface area contributed by atoms with Gasteiger partial charge >= 0.3 is 12.1 Å². The van der Waals surface area contributed by atoms with Gasteiger partial charge in [-0.1, -0.05) is 23.2 Å². The molecule has 2 saturated heterocycles. The zero-order valence-corrected chi connectivity index (χ0v) is 25.2. The van der Waals surface area contributed by atoms with Crippen LogP contribution in [0.5, 0.6) is 0 Å². The summed E-state index contributed by atoms with van der Waals surface area (Å²) in [5.41, 5.74) is 2.17. The molecule has 2 aromatic rings. The van der Waals surface area contributed by atoms with E-state index in [9.17, 15) is 14.4 Å². The molecular formula is C27H37Cl2N7O3S. The average molecular weight is 611 g/mol. The van der Waals surface area contributed by atoms with Crippen LogP contribution in [0.3, 0.4) is 0 Å². The molecule has 0 radical (unpaired) electrons. The predicted molar refractivity (Wildman–Crippen MR) is 158 cm³/mol. The summed E-state index contributed by atoms with van der Waals surface area (Å²) in [5, 5.41) is 13.2. The Morgan fingerprint density at radius 2 is 2.00 bits per heavy atom. The molecular weight excluding hydrogens is 573 g/mol. The van der Waals surface area contributed by atoms with Crippen molar-refractivity contribution in [3.8, 4) is 0 Å². The normalized spacial score (nSPS) is 17.0. The molecule has 4 rings (SSSR count). The number of thiophene rings is 1. The van der Waals surface area contributed by atoms with Crippen molar-refractivity contribution >= 4 is 52.5 Å². The minimum Gasteiger partial charge on any atom is -0.352 e. The molecule has 218 valence electrons. The third-order valence-corrected chi connectivity index (χ3v) is 8.78. The largest absolute Gasteiger partial charge is 0.352 e. The number of hydrogen-bond acceptors (Lipinski definition) is 6. The number of aromatic nitrogens is 1. The second-order valence-corrected chi connectivity index (χ2v) is 11.8. The van der Waals surface area contributed by atoms with Gasteiger partial charge in [0.1, 0.15) is 10.3 Å². The van der Waals surface area contributed by atoms with E-state index < -0.39 is 0 Å². The topological polar surface area (TPSA) is 110 Å². The van der Waals surface area contributed by atoms with Crippen molar-refractivity contribution in [1.82, 2.24) is 35.6 Å². The van der Waals surface area contributed by atoms with Gasteiger partial charge in [0.25, 0.3) is 5.91 Å². The highest BCUT2D eigenvalue weighted by molar-refractivity contribution is 7.07. The Kier molecular flexibility index (Phi) is 10.9. The maximum atomic E-state index is 13.3. The first-order valence-corrected chi connectivity index (χ1v) is 15.4. The molecule has 0 aromatic carbocycles. The van der Waals surface area contributed by atoms with E-state index in [2.05, 4.69) is 44.2 Å². The molecule has 3 N–H and O–H groups in total. The Labute approximate surface area is 249 Å². The summed E-state index contributed by atoms with van der Waals surface area (Å²) in [6.45, 7) is 9.00. The lowest BCUT2D eigenvalue weighted by atomic mass is 10.0. The monoisotopic (exact) mass is 609 g/mol. The third-order valence-electron chi connectivity index (χ3n) is 7.58. The van der Waals surface area contributed by atoms with Crippen molar-refractivity contribution in [3.63, 3.8) is 0 Å². The minimum atomic E-state index is -0.252. The van der Waals surface area contributed by atoms with Crippen LogP contribution >= 0.6 is 34.5 Å². The summed E-state index contributed by atoms with van der Waals surface area (Å²) in [6.07, 6.45) is 2.53. The third kappa shape index (κ3) is 7.99. The molecule has 2 aliphatic heterocycles. The van der Waals surface area contributed by atoms with Gasteiger partial charge in [0.2, 0.25) is 0 Å². The molecule has 0 aliphatic carbocycles. The van der Waals surface area contributed by atoms with Gasteiger partial charge in [0.05, 0.1) is 5.56 Å². The lowest BCUT2D eigenvalue weighted by Gasteiger charge is -2.40. The number of aryl methyl sites for hydroxylation is 1. The zero-order valence-electron chi connectivity index (χ0n) is 22.9. The summed E-state index contributed by atoms with van der Waals surface area (Å²) in [6, 6.07) is 3.91. The Morgan fingerprint density at radius 3 is 2.65 bits per heavy atom. The SMILES string of the molecule is Cc1cc(Cl)nc(Cl)c1C(=O)NCCC(C)N1CCC(N(Cc2ccsc2)C(=O)NCCN2CCNC2=O)CC1. The van der Waals surface area contributed by atoms with Crippen LogP contribution in [0.15, 0.2) is 22.9 Å². The van der Waals surface area contributed by atoms with Gasteiger partial charge in [-0.2, -0.15) is 11.3 Å². The molecule has 0 spiro atoms. The van der Waals surface area contributed by atoms with E-state index in [1.165, 1.54) is 0 Å². The number of piperidine rings is 1. The number of hydrogen-bond donors (Lipinski definition) is 3. The number of halogens is 2. The summed E-state index contributed by atoms with van der Waals surface area (Å²) >= 11 is 13.7. The van der Waals surface area contributed by atoms with Crippen LogP contribution in [0, 0.1) is 6.92 Å². The summed E-state index contributed by atoms with van der Waals surface area (Å²) in [4.78, 5) is 47.8. The van der Waals surface area contributed by atoms with Crippen molar-refractivity contribution in [2.45, 2.75) is 51.7 Å². The average Bonchev–Trinajstić information content (AvgIpc) is 3.58. The van der Waals surface area contributed by atoms with E-state index in [4.69, 9.17) is 23.2 Å². The fraction of sp³-hybridized carbons (Fsp3) is 0.556. The first kappa shape index (κ1) is 30.4. The van der Waals surface area contributed by atoms with E-state index in [-0.39, 0.29) is 40.4 Å². The molecule has 10 nitrogen and oxygen atoms in total. The van der Waals surface area contributed by atoms with Gasteiger partial charge in [-0.15, -0.1) is 0 Å². The number of pyridine rings is 1. The smallest absolute Gasteiger partial charge is 0.318 e. The predicted octanol–water partition coefficient (Wildman–Crippen LogP) is 3.97. The fourth-order valence-corrected chi connectivity index (χ4v) is 6.52. The molecule has 4 heterocycles. The van der Waals surface area contributed by atoms with Crippen LogP contribution in [-0.4, -0.2) is 95.6 Å². The van der Waals surface area contributed by atoms with Gasteiger partial charge in [-0.25, -0.2) is 14.6 Å². The van der Waals surface area contributed by atoms with E-state index >= 15 is 0 Å². The molecule has 2 aromatic heterocycles. The zero-order chi connectivity index (χ0) is 28.6.